The molecule has 0 aromatic heterocycles. The fourth-order valence-electron chi connectivity index (χ4n) is 3.20. The van der Waals surface area contributed by atoms with Crippen molar-refractivity contribution in [2.45, 2.75) is 25.7 Å². The average molecular weight is 650 g/mol. The summed E-state index contributed by atoms with van der Waals surface area (Å²) in [6, 6.07) is 16.3. The summed E-state index contributed by atoms with van der Waals surface area (Å²) in [6.07, 6.45) is 2.62. The van der Waals surface area contributed by atoms with Crippen molar-refractivity contribution in [1.82, 2.24) is 10.9 Å². The molecule has 3 rings (SSSR count). The third-order valence-corrected chi connectivity index (χ3v) is 6.41. The lowest BCUT2D eigenvalue weighted by Crippen LogP contribution is -2.20. The molecule has 0 unspecified atom stereocenters. The summed E-state index contributed by atoms with van der Waals surface area (Å²) in [7, 11) is 0. The van der Waals surface area contributed by atoms with E-state index in [2.05, 4.69) is 31.7 Å². The second kappa shape index (κ2) is 16.5. The van der Waals surface area contributed by atoms with Gasteiger partial charge in [-0.25, -0.2) is 10.9 Å². The van der Waals surface area contributed by atoms with Crippen LogP contribution >= 0.6 is 46.4 Å². The molecule has 4 amide bonds. The molecule has 4 N–H and O–H groups in total. The van der Waals surface area contributed by atoms with Gasteiger partial charge in [-0.15, -0.1) is 0 Å². The first kappa shape index (κ1) is 32.6. The van der Waals surface area contributed by atoms with Gasteiger partial charge in [0.15, 0.2) is 0 Å². The Labute approximate surface area is 261 Å². The number of amides is 4. The van der Waals surface area contributed by atoms with Crippen LogP contribution in [0.15, 0.2) is 70.9 Å². The fraction of sp³-hybridized carbons (Fsp3) is 0.143. The molecule has 0 aliphatic rings. The number of nitrogens with zero attached hydrogens (tertiary/aromatic N) is 2. The van der Waals surface area contributed by atoms with Crippen molar-refractivity contribution < 1.29 is 19.2 Å². The maximum atomic E-state index is 12.1. The lowest BCUT2D eigenvalue weighted by atomic mass is 10.2. The van der Waals surface area contributed by atoms with E-state index in [-0.39, 0.29) is 37.5 Å². The van der Waals surface area contributed by atoms with Gasteiger partial charge in [0, 0.05) is 35.7 Å². The molecule has 0 aliphatic carbocycles. The van der Waals surface area contributed by atoms with Gasteiger partial charge < -0.3 is 10.6 Å². The van der Waals surface area contributed by atoms with Gasteiger partial charge in [0.2, 0.25) is 23.6 Å². The number of hydrogen-bond acceptors (Lipinski definition) is 6. The molecule has 0 radical (unpaired) electrons. The van der Waals surface area contributed by atoms with E-state index >= 15 is 0 Å². The molecule has 218 valence electrons. The maximum absolute atomic E-state index is 12.1. The Morgan fingerprint density at radius 1 is 0.548 bits per heavy atom. The zero-order valence-corrected chi connectivity index (χ0v) is 24.8. The van der Waals surface area contributed by atoms with Crippen molar-refractivity contribution in [2.24, 2.45) is 10.2 Å². The largest absolute Gasteiger partial charge is 0.325 e. The van der Waals surface area contributed by atoms with Gasteiger partial charge in [-0.3, -0.25) is 19.2 Å². The highest BCUT2D eigenvalue weighted by Crippen LogP contribution is 2.26. The molecular formula is C28H24Cl4N6O4. The molecule has 0 saturated heterocycles. The molecule has 0 fully saturated rings. The second-order valence-electron chi connectivity index (χ2n) is 8.60. The molecule has 0 bridgehead atoms. The van der Waals surface area contributed by atoms with Crippen LogP contribution in [-0.4, -0.2) is 36.1 Å². The summed E-state index contributed by atoms with van der Waals surface area (Å²) >= 11 is 23.7. The maximum Gasteiger partial charge on any atom is 0.240 e. The van der Waals surface area contributed by atoms with Gasteiger partial charge >= 0.3 is 0 Å². The van der Waals surface area contributed by atoms with Gasteiger partial charge in [-0.2, -0.15) is 10.2 Å². The predicted molar refractivity (Wildman–Crippen MR) is 167 cm³/mol. The van der Waals surface area contributed by atoms with Crippen molar-refractivity contribution in [3.05, 3.63) is 91.9 Å². The summed E-state index contributed by atoms with van der Waals surface area (Å²) in [5, 5.41) is 14.5. The van der Waals surface area contributed by atoms with Gasteiger partial charge in [-0.1, -0.05) is 70.7 Å². The van der Waals surface area contributed by atoms with Crippen LogP contribution in [0.4, 0.5) is 11.4 Å². The fourth-order valence-corrected chi connectivity index (χ4v) is 4.11. The lowest BCUT2D eigenvalue weighted by Gasteiger charge is -2.07. The van der Waals surface area contributed by atoms with Crippen LogP contribution in [0.1, 0.15) is 36.8 Å². The average Bonchev–Trinajstić information content (AvgIpc) is 2.95. The highest BCUT2D eigenvalue weighted by Gasteiger charge is 2.10. The predicted octanol–water partition coefficient (Wildman–Crippen LogP) is 6.04. The lowest BCUT2D eigenvalue weighted by molar-refractivity contribution is -0.124. The molecule has 42 heavy (non-hydrogen) atoms. The van der Waals surface area contributed by atoms with Crippen molar-refractivity contribution in [2.75, 3.05) is 10.6 Å². The number of halogens is 4. The van der Waals surface area contributed by atoms with E-state index in [0.717, 1.165) is 0 Å². The van der Waals surface area contributed by atoms with E-state index in [1.807, 2.05) is 0 Å². The molecule has 0 saturated carbocycles. The van der Waals surface area contributed by atoms with Gasteiger partial charge in [0.25, 0.3) is 0 Å². The van der Waals surface area contributed by atoms with Crippen LogP contribution in [-0.2, 0) is 19.2 Å². The van der Waals surface area contributed by atoms with E-state index in [1.165, 1.54) is 24.6 Å². The van der Waals surface area contributed by atoms with E-state index in [0.29, 0.717) is 42.6 Å². The second-order valence-corrected chi connectivity index (χ2v) is 10.3. The Balaban J connectivity index is 1.33. The van der Waals surface area contributed by atoms with Crippen molar-refractivity contribution in [3.63, 3.8) is 0 Å². The Hall–Kier alpha value is -3.96. The molecule has 0 heterocycles. The number of hydrogen-bond donors (Lipinski definition) is 4. The van der Waals surface area contributed by atoms with Crippen LogP contribution in [0.25, 0.3) is 0 Å². The summed E-state index contributed by atoms with van der Waals surface area (Å²) in [5.41, 5.74) is 6.92. The number of benzene rings is 3. The van der Waals surface area contributed by atoms with Crippen molar-refractivity contribution in [3.8, 4) is 0 Å². The summed E-state index contributed by atoms with van der Waals surface area (Å²) in [4.78, 5) is 48.1. The minimum Gasteiger partial charge on any atom is -0.325 e. The van der Waals surface area contributed by atoms with Gasteiger partial charge in [0.05, 0.1) is 33.8 Å². The van der Waals surface area contributed by atoms with Crippen molar-refractivity contribution >= 4 is 93.8 Å². The van der Waals surface area contributed by atoms with Crippen LogP contribution in [0, 0.1) is 0 Å². The van der Waals surface area contributed by atoms with E-state index < -0.39 is 11.8 Å². The third kappa shape index (κ3) is 11.5. The van der Waals surface area contributed by atoms with E-state index in [9.17, 15) is 19.2 Å². The number of rotatable bonds is 12. The first-order valence-corrected chi connectivity index (χ1v) is 13.8. The summed E-state index contributed by atoms with van der Waals surface area (Å²) in [6.45, 7) is 0. The van der Waals surface area contributed by atoms with Crippen LogP contribution in [0.2, 0.25) is 20.1 Å². The number of anilines is 2. The Kier molecular flexibility index (Phi) is 12.8. The molecule has 0 aliphatic heterocycles. The van der Waals surface area contributed by atoms with Gasteiger partial charge in [-0.05, 0) is 47.5 Å². The Morgan fingerprint density at radius 3 is 1.26 bits per heavy atom. The minimum absolute atomic E-state index is 0.0592. The van der Waals surface area contributed by atoms with Crippen LogP contribution in [0.5, 0.6) is 0 Å². The monoisotopic (exact) mass is 648 g/mol. The Bertz CT molecular complexity index is 1400. The highest BCUT2D eigenvalue weighted by molar-refractivity contribution is 6.37. The van der Waals surface area contributed by atoms with Crippen LogP contribution < -0.4 is 21.5 Å². The molecule has 3 aromatic carbocycles. The normalized spacial score (nSPS) is 11.0. The highest BCUT2D eigenvalue weighted by atomic mass is 35.5. The topological polar surface area (TPSA) is 141 Å². The number of hydrazone groups is 2. The first-order valence-electron chi connectivity index (χ1n) is 12.3. The number of carbonyl (C=O) groups is 4. The molecule has 14 heteroatoms. The molecule has 0 spiro atoms. The zero-order valence-electron chi connectivity index (χ0n) is 21.8. The third-order valence-electron chi connectivity index (χ3n) is 5.31. The SMILES string of the molecule is O=C(CCC(=O)Nc1ccc(Cl)cc1Cl)NN=Cc1ccc(C=NNC(=O)CCC(=O)Nc2ccc(Cl)cc2Cl)cc1. The first-order chi connectivity index (χ1) is 20.1. The van der Waals surface area contributed by atoms with Crippen molar-refractivity contribution in [1.29, 1.82) is 0 Å². The standard InChI is InChI=1S/C28H24Cl4N6O4/c29-19-5-7-23(21(31)13-19)35-25(39)9-11-27(41)37-33-15-17-1-2-18(4-3-17)16-34-38-28(42)12-10-26(40)36-24-8-6-20(30)14-22(24)32/h1-8,13-16H,9-12H2,(H,35,39)(H,36,40)(H,37,41)(H,38,42). The molecule has 3 aromatic rings. The summed E-state index contributed by atoms with van der Waals surface area (Å²) < 4.78 is 0. The van der Waals surface area contributed by atoms with E-state index in [1.54, 1.807) is 48.5 Å². The van der Waals surface area contributed by atoms with Crippen LogP contribution in [0.3, 0.4) is 0 Å². The smallest absolute Gasteiger partial charge is 0.240 e. The van der Waals surface area contributed by atoms with E-state index in [4.69, 9.17) is 46.4 Å². The minimum atomic E-state index is -0.436. The summed E-state index contributed by atoms with van der Waals surface area (Å²) in [5.74, 6) is -1.63. The molecule has 10 nitrogen and oxygen atoms in total. The number of carbonyl (C=O) groups excluding carboxylic acids is 4. The Morgan fingerprint density at radius 2 is 0.905 bits per heavy atom. The van der Waals surface area contributed by atoms with Gasteiger partial charge in [0.1, 0.15) is 0 Å². The zero-order chi connectivity index (χ0) is 30.5. The molecular weight excluding hydrogens is 626 g/mol. The molecule has 0 atom stereocenters. The quantitative estimate of drug-likeness (QED) is 0.140. The number of nitrogens with one attached hydrogen (secondary N) is 4.